The van der Waals surface area contributed by atoms with Crippen molar-refractivity contribution < 1.29 is 17.6 Å². The van der Waals surface area contributed by atoms with Gasteiger partial charge in [-0.25, -0.2) is 17.8 Å². The number of nitrogens with one attached hydrogen (secondary N) is 1. The third-order valence-corrected chi connectivity index (χ3v) is 4.73. The van der Waals surface area contributed by atoms with E-state index in [0.717, 1.165) is 35.8 Å². The average Bonchev–Trinajstić information content (AvgIpc) is 2.70. The lowest BCUT2D eigenvalue weighted by atomic mass is 10.3. The van der Waals surface area contributed by atoms with E-state index in [-0.39, 0.29) is 20.6 Å². The number of nitrogens with two attached hydrogens (primary N) is 1. The minimum Gasteiger partial charge on any atom is -0.375 e. The number of nitrogens with zero attached hydrogens (tertiary/aromatic N) is 1. The topological polar surface area (TPSA) is 102 Å². The van der Waals surface area contributed by atoms with Crippen molar-refractivity contribution in [2.24, 2.45) is 0 Å². The fraction of sp³-hybridized carbons (Fsp3) is 0.167. The molecule has 3 N–H and O–H groups in total. The predicted molar refractivity (Wildman–Crippen MR) is 78.7 cm³/mol. The maximum absolute atomic E-state index is 13.7. The van der Waals surface area contributed by atoms with Crippen LogP contribution in [0.4, 0.5) is 15.2 Å². The summed E-state index contributed by atoms with van der Waals surface area (Å²) >= 11 is 0.971. The van der Waals surface area contributed by atoms with Crippen LogP contribution in [0.15, 0.2) is 23.1 Å². The van der Waals surface area contributed by atoms with E-state index < -0.39 is 21.6 Å². The number of benzene rings is 1. The molecule has 0 aliphatic rings. The van der Waals surface area contributed by atoms with Gasteiger partial charge in [-0.1, -0.05) is 11.3 Å². The Kier molecular flexibility index (Phi) is 3.97. The second-order valence-corrected chi connectivity index (χ2v) is 7.38. The number of aryl methyl sites for hydroxylation is 1. The number of nitrogen functional groups attached to an aromatic ring is 1. The maximum Gasteiger partial charge on any atom is 0.267 e. The lowest BCUT2D eigenvalue weighted by Gasteiger charge is -2.07. The summed E-state index contributed by atoms with van der Waals surface area (Å²) in [5.74, 6) is -1.32. The molecule has 2 rings (SSSR count). The lowest BCUT2D eigenvalue weighted by molar-refractivity contribution is 0.102. The second kappa shape index (κ2) is 5.41. The monoisotopic (exact) mass is 329 g/mol. The number of rotatable bonds is 3. The van der Waals surface area contributed by atoms with Crippen LogP contribution in [-0.2, 0) is 9.84 Å². The Hall–Kier alpha value is -2.00. The van der Waals surface area contributed by atoms with Crippen LogP contribution in [0.25, 0.3) is 0 Å². The Morgan fingerprint density at radius 1 is 1.43 bits per heavy atom. The number of carbonyl (C=O) groups is 1. The van der Waals surface area contributed by atoms with Gasteiger partial charge in [-0.2, -0.15) is 0 Å². The van der Waals surface area contributed by atoms with Crippen LogP contribution in [0.3, 0.4) is 0 Å². The zero-order valence-corrected chi connectivity index (χ0v) is 12.8. The summed E-state index contributed by atoms with van der Waals surface area (Å²) in [6.45, 7) is 1.60. The zero-order valence-electron chi connectivity index (χ0n) is 11.2. The summed E-state index contributed by atoms with van der Waals surface area (Å²) in [6, 6.07) is 3.19. The van der Waals surface area contributed by atoms with Crippen LogP contribution < -0.4 is 11.1 Å². The second-order valence-electron chi connectivity index (χ2n) is 4.33. The van der Waals surface area contributed by atoms with Gasteiger partial charge in [-0.3, -0.25) is 4.79 Å². The van der Waals surface area contributed by atoms with Gasteiger partial charge in [0, 0.05) is 6.26 Å². The third kappa shape index (κ3) is 3.37. The van der Waals surface area contributed by atoms with Crippen molar-refractivity contribution in [1.82, 2.24) is 4.98 Å². The standard InChI is InChI=1S/C12H12FN3O3S2/c1-6-10(20-12(14)15-6)11(17)16-9-5-7(21(2,18)19)3-4-8(9)13/h3-5H,1-2H3,(H2,14,15)(H,16,17). The summed E-state index contributed by atoms with van der Waals surface area (Å²) in [7, 11) is -3.49. The molecule has 0 spiro atoms. The molecule has 6 nitrogen and oxygen atoms in total. The molecule has 0 bridgehead atoms. The Morgan fingerprint density at radius 2 is 2.10 bits per heavy atom. The summed E-state index contributed by atoms with van der Waals surface area (Å²) in [4.78, 5) is 16.1. The molecule has 0 saturated heterocycles. The molecule has 21 heavy (non-hydrogen) atoms. The molecule has 0 radical (unpaired) electrons. The predicted octanol–water partition coefficient (Wildman–Crippen LogP) is 1.83. The SMILES string of the molecule is Cc1nc(N)sc1C(=O)Nc1cc(S(C)(=O)=O)ccc1F. The van der Waals surface area contributed by atoms with Crippen molar-refractivity contribution in [1.29, 1.82) is 0 Å². The molecule has 0 aliphatic heterocycles. The molecule has 1 aromatic carbocycles. The molecule has 9 heteroatoms. The first-order chi connectivity index (χ1) is 9.68. The van der Waals surface area contributed by atoms with E-state index in [0.29, 0.717) is 5.69 Å². The number of aromatic nitrogens is 1. The van der Waals surface area contributed by atoms with Crippen LogP contribution in [0.2, 0.25) is 0 Å². The van der Waals surface area contributed by atoms with Crippen molar-refractivity contribution in [2.75, 3.05) is 17.3 Å². The number of anilines is 2. The summed E-state index contributed by atoms with van der Waals surface area (Å²) in [5, 5.41) is 2.55. The molecule has 0 fully saturated rings. The molecule has 112 valence electrons. The number of hydrogen-bond acceptors (Lipinski definition) is 6. The highest BCUT2D eigenvalue weighted by Gasteiger charge is 2.17. The van der Waals surface area contributed by atoms with Crippen LogP contribution in [0, 0.1) is 12.7 Å². The van der Waals surface area contributed by atoms with Crippen LogP contribution in [0.5, 0.6) is 0 Å². The van der Waals surface area contributed by atoms with E-state index in [2.05, 4.69) is 10.3 Å². The molecule has 0 unspecified atom stereocenters. The molecule has 2 aromatic rings. The molecule has 0 aliphatic carbocycles. The molecule has 0 saturated carbocycles. The van der Waals surface area contributed by atoms with Crippen molar-refractivity contribution in [3.63, 3.8) is 0 Å². The molecule has 0 atom stereocenters. The normalized spacial score (nSPS) is 11.4. The van der Waals surface area contributed by atoms with Gasteiger partial charge >= 0.3 is 0 Å². The third-order valence-electron chi connectivity index (χ3n) is 2.63. The number of sulfone groups is 1. The average molecular weight is 329 g/mol. The van der Waals surface area contributed by atoms with Gasteiger partial charge in [0.15, 0.2) is 15.0 Å². The van der Waals surface area contributed by atoms with Gasteiger partial charge in [-0.05, 0) is 25.1 Å². The minimum absolute atomic E-state index is 0.0836. The number of amides is 1. The van der Waals surface area contributed by atoms with Crippen molar-refractivity contribution in [2.45, 2.75) is 11.8 Å². The van der Waals surface area contributed by atoms with Gasteiger partial charge in [-0.15, -0.1) is 0 Å². The minimum atomic E-state index is -3.49. The van der Waals surface area contributed by atoms with E-state index in [1.807, 2.05) is 0 Å². The van der Waals surface area contributed by atoms with E-state index in [1.54, 1.807) is 6.92 Å². The molecule has 1 aromatic heterocycles. The Labute approximate surface area is 124 Å². The van der Waals surface area contributed by atoms with E-state index in [1.165, 1.54) is 0 Å². The summed E-state index contributed by atoms with van der Waals surface area (Å²) in [5.41, 5.74) is 5.71. The number of halogens is 1. The highest BCUT2D eigenvalue weighted by Crippen LogP contribution is 2.24. The van der Waals surface area contributed by atoms with Crippen LogP contribution in [-0.4, -0.2) is 25.6 Å². The number of thiazole rings is 1. The van der Waals surface area contributed by atoms with Crippen molar-refractivity contribution in [3.05, 3.63) is 34.6 Å². The van der Waals surface area contributed by atoms with Crippen LogP contribution in [0.1, 0.15) is 15.4 Å². The molecule has 1 amide bonds. The summed E-state index contributed by atoms with van der Waals surface area (Å²) in [6.07, 6.45) is 1.000. The van der Waals surface area contributed by atoms with E-state index >= 15 is 0 Å². The summed E-state index contributed by atoms with van der Waals surface area (Å²) < 4.78 is 36.6. The first-order valence-electron chi connectivity index (χ1n) is 5.72. The van der Waals surface area contributed by atoms with Gasteiger partial charge in [0.2, 0.25) is 0 Å². The Balaban J connectivity index is 2.35. The largest absolute Gasteiger partial charge is 0.375 e. The highest BCUT2D eigenvalue weighted by molar-refractivity contribution is 7.90. The van der Waals surface area contributed by atoms with Gasteiger partial charge in [0.05, 0.1) is 16.3 Å². The van der Waals surface area contributed by atoms with Crippen molar-refractivity contribution in [3.8, 4) is 0 Å². The maximum atomic E-state index is 13.7. The molecular weight excluding hydrogens is 317 g/mol. The highest BCUT2D eigenvalue weighted by atomic mass is 32.2. The number of carbonyl (C=O) groups excluding carboxylic acids is 1. The first kappa shape index (κ1) is 15.4. The van der Waals surface area contributed by atoms with E-state index in [4.69, 9.17) is 5.73 Å². The molecular formula is C12H12FN3O3S2. The zero-order chi connectivity index (χ0) is 15.8. The van der Waals surface area contributed by atoms with Gasteiger partial charge < -0.3 is 11.1 Å². The van der Waals surface area contributed by atoms with Gasteiger partial charge in [0.25, 0.3) is 5.91 Å². The number of hydrogen-bond donors (Lipinski definition) is 2. The molecule has 1 heterocycles. The lowest BCUT2D eigenvalue weighted by Crippen LogP contribution is -2.13. The van der Waals surface area contributed by atoms with Crippen molar-refractivity contribution >= 4 is 37.9 Å². The Bertz CT molecular complexity index is 815. The fourth-order valence-electron chi connectivity index (χ4n) is 1.64. The quantitative estimate of drug-likeness (QED) is 0.836. The van der Waals surface area contributed by atoms with E-state index in [9.17, 15) is 17.6 Å². The first-order valence-corrected chi connectivity index (χ1v) is 8.43. The van der Waals surface area contributed by atoms with Gasteiger partial charge in [0.1, 0.15) is 10.7 Å². The smallest absolute Gasteiger partial charge is 0.267 e. The fourth-order valence-corrected chi connectivity index (χ4v) is 3.01. The Morgan fingerprint density at radius 3 is 2.62 bits per heavy atom. The van der Waals surface area contributed by atoms with Crippen LogP contribution >= 0.6 is 11.3 Å².